The van der Waals surface area contributed by atoms with Crippen molar-refractivity contribution in [1.82, 2.24) is 24.2 Å². The molecule has 3 heterocycles. The second-order valence-electron chi connectivity index (χ2n) is 8.37. The molecule has 31 heavy (non-hydrogen) atoms. The van der Waals surface area contributed by atoms with Crippen LogP contribution in [0.4, 0.5) is 11.6 Å². The SMILES string of the molecule is CC=S(CC1CCC(N(C)c2ncnc3[nH]ccc23)CC1)N(C)Cc1cccc(N)n1. The molecule has 166 valence electrons. The number of H-pyrrole nitrogens is 1. The van der Waals surface area contributed by atoms with E-state index in [1.807, 2.05) is 18.3 Å². The van der Waals surface area contributed by atoms with E-state index in [1.54, 1.807) is 6.33 Å². The summed E-state index contributed by atoms with van der Waals surface area (Å²) in [5, 5.41) is 3.46. The van der Waals surface area contributed by atoms with Crippen LogP contribution in [-0.4, -0.2) is 55.5 Å². The molecule has 3 aromatic heterocycles. The summed E-state index contributed by atoms with van der Waals surface area (Å²) in [4.78, 5) is 18.9. The fourth-order valence-electron chi connectivity index (χ4n) is 4.55. The van der Waals surface area contributed by atoms with Gasteiger partial charge in [-0.05, 0) is 63.8 Å². The molecule has 1 unspecified atom stereocenters. The predicted octanol–water partition coefficient (Wildman–Crippen LogP) is 4.07. The van der Waals surface area contributed by atoms with Gasteiger partial charge in [0.1, 0.15) is 23.6 Å². The lowest BCUT2D eigenvalue weighted by atomic mass is 9.86. The molecule has 0 bridgehead atoms. The van der Waals surface area contributed by atoms with Crippen LogP contribution >= 0.6 is 10.7 Å². The lowest BCUT2D eigenvalue weighted by molar-refractivity contribution is 0.342. The molecule has 1 aliphatic carbocycles. The first-order valence-corrected chi connectivity index (χ1v) is 12.4. The Kier molecular flexibility index (Phi) is 6.87. The number of aromatic nitrogens is 4. The topological polar surface area (TPSA) is 87.0 Å². The number of hydrogen-bond acceptors (Lipinski definition) is 6. The van der Waals surface area contributed by atoms with Gasteiger partial charge in [0.25, 0.3) is 0 Å². The Morgan fingerprint density at radius 2 is 1.97 bits per heavy atom. The smallest absolute Gasteiger partial charge is 0.142 e. The van der Waals surface area contributed by atoms with Crippen LogP contribution in [0.2, 0.25) is 0 Å². The zero-order chi connectivity index (χ0) is 21.8. The predicted molar refractivity (Wildman–Crippen MR) is 132 cm³/mol. The van der Waals surface area contributed by atoms with Crippen molar-refractivity contribution in [2.24, 2.45) is 5.92 Å². The maximum absolute atomic E-state index is 5.85. The molecule has 0 amide bonds. The molecular weight excluding hydrogens is 406 g/mol. The molecule has 0 aromatic carbocycles. The number of nitrogen functional groups attached to an aromatic ring is 1. The minimum Gasteiger partial charge on any atom is -0.384 e. The highest BCUT2D eigenvalue weighted by molar-refractivity contribution is 8.12. The number of aromatic amines is 1. The van der Waals surface area contributed by atoms with Gasteiger partial charge in [-0.2, -0.15) is 0 Å². The lowest BCUT2D eigenvalue weighted by Gasteiger charge is -2.36. The summed E-state index contributed by atoms with van der Waals surface area (Å²) in [5.41, 5.74) is 7.79. The fourth-order valence-corrected chi connectivity index (χ4v) is 6.47. The molecule has 1 fully saturated rings. The Morgan fingerprint density at radius 1 is 1.16 bits per heavy atom. The van der Waals surface area contributed by atoms with E-state index in [9.17, 15) is 0 Å². The van der Waals surface area contributed by atoms with Gasteiger partial charge in [-0.15, -0.1) is 10.7 Å². The molecule has 7 nitrogen and oxygen atoms in total. The average Bonchev–Trinajstić information content (AvgIpc) is 3.26. The van der Waals surface area contributed by atoms with Crippen LogP contribution in [0.25, 0.3) is 11.0 Å². The number of nitrogens with one attached hydrogen (secondary N) is 1. The van der Waals surface area contributed by atoms with Crippen molar-refractivity contribution in [3.63, 3.8) is 0 Å². The van der Waals surface area contributed by atoms with Gasteiger partial charge in [-0.3, -0.25) is 4.31 Å². The van der Waals surface area contributed by atoms with Crippen molar-refractivity contribution < 1.29 is 0 Å². The van der Waals surface area contributed by atoms with Gasteiger partial charge in [0.05, 0.1) is 17.6 Å². The summed E-state index contributed by atoms with van der Waals surface area (Å²) in [6.07, 6.45) is 8.53. The highest BCUT2D eigenvalue weighted by Gasteiger charge is 2.26. The third-order valence-corrected chi connectivity index (χ3v) is 8.61. The number of rotatable bonds is 7. The van der Waals surface area contributed by atoms with Crippen molar-refractivity contribution in [3.8, 4) is 0 Å². The van der Waals surface area contributed by atoms with Crippen LogP contribution in [0.15, 0.2) is 36.8 Å². The van der Waals surface area contributed by atoms with Crippen molar-refractivity contribution >= 4 is 38.7 Å². The molecule has 3 aromatic rings. The summed E-state index contributed by atoms with van der Waals surface area (Å²) >= 11 is 0. The molecule has 0 aliphatic heterocycles. The Labute approximate surface area is 187 Å². The standard InChI is InChI=1S/C23H33N7S/c1-4-31(29(2)14-18-6-5-7-21(24)28-18)15-17-8-10-19(11-9-17)30(3)23-20-12-13-25-22(20)26-16-27-23/h4-7,12-13,16-17,19H,8-11,14-15H2,1-3H3,(H2,24,28)(H,25,26,27). The molecule has 0 saturated heterocycles. The zero-order valence-corrected chi connectivity index (χ0v) is 19.5. The molecule has 0 spiro atoms. The van der Waals surface area contributed by atoms with Crippen molar-refractivity contribution in [2.45, 2.75) is 45.2 Å². The van der Waals surface area contributed by atoms with Gasteiger partial charge in [0, 0.05) is 25.0 Å². The second-order valence-corrected chi connectivity index (χ2v) is 10.6. The largest absolute Gasteiger partial charge is 0.384 e. The van der Waals surface area contributed by atoms with E-state index in [2.05, 4.69) is 67.7 Å². The summed E-state index contributed by atoms with van der Waals surface area (Å²) < 4.78 is 2.42. The summed E-state index contributed by atoms with van der Waals surface area (Å²) in [7, 11) is 4.51. The van der Waals surface area contributed by atoms with Crippen LogP contribution in [0, 0.1) is 5.92 Å². The number of nitrogens with two attached hydrogens (primary N) is 1. The normalized spacial score (nSPS) is 20.4. The summed E-state index contributed by atoms with van der Waals surface area (Å²) in [5.74, 6) is 3.61. The Balaban J connectivity index is 1.33. The van der Waals surface area contributed by atoms with Crippen molar-refractivity contribution in [2.75, 3.05) is 30.5 Å². The number of fused-ring (bicyclic) bond motifs is 1. The Bertz CT molecular complexity index is 1040. The zero-order valence-electron chi connectivity index (χ0n) is 18.7. The number of anilines is 2. The van der Waals surface area contributed by atoms with Gasteiger partial charge >= 0.3 is 0 Å². The maximum Gasteiger partial charge on any atom is 0.142 e. The van der Waals surface area contributed by atoms with E-state index < -0.39 is 0 Å². The Morgan fingerprint density at radius 3 is 2.71 bits per heavy atom. The average molecular weight is 440 g/mol. The molecule has 1 atom stereocenters. The number of hydrogen-bond donors (Lipinski definition) is 2. The first-order valence-electron chi connectivity index (χ1n) is 11.0. The molecule has 8 heteroatoms. The fraction of sp³-hybridized carbons (Fsp3) is 0.478. The van der Waals surface area contributed by atoms with E-state index in [-0.39, 0.29) is 10.7 Å². The number of pyridine rings is 1. The quantitative estimate of drug-likeness (QED) is 0.540. The molecular formula is C23H33N7S. The van der Waals surface area contributed by atoms with Gasteiger partial charge in [0.15, 0.2) is 0 Å². The van der Waals surface area contributed by atoms with E-state index in [0.29, 0.717) is 11.9 Å². The Hall–Kier alpha value is -2.45. The molecule has 1 saturated carbocycles. The second kappa shape index (κ2) is 9.78. The van der Waals surface area contributed by atoms with Gasteiger partial charge in [-0.1, -0.05) is 11.4 Å². The minimum absolute atomic E-state index is 0.137. The minimum atomic E-state index is 0.137. The molecule has 1 aliphatic rings. The van der Waals surface area contributed by atoms with Crippen LogP contribution < -0.4 is 10.6 Å². The third-order valence-electron chi connectivity index (χ3n) is 6.32. The van der Waals surface area contributed by atoms with Crippen molar-refractivity contribution in [1.29, 1.82) is 0 Å². The van der Waals surface area contributed by atoms with E-state index in [4.69, 9.17) is 5.73 Å². The molecule has 4 rings (SSSR count). The maximum atomic E-state index is 5.85. The van der Waals surface area contributed by atoms with Crippen LogP contribution in [0.1, 0.15) is 38.3 Å². The molecule has 0 radical (unpaired) electrons. The van der Waals surface area contributed by atoms with Crippen LogP contribution in [0.5, 0.6) is 0 Å². The van der Waals surface area contributed by atoms with Crippen LogP contribution in [0.3, 0.4) is 0 Å². The first kappa shape index (κ1) is 21.8. The van der Waals surface area contributed by atoms with E-state index >= 15 is 0 Å². The third kappa shape index (κ3) is 5.07. The highest BCUT2D eigenvalue weighted by atomic mass is 32.2. The number of nitrogens with zero attached hydrogens (tertiary/aromatic N) is 5. The molecule has 3 N–H and O–H groups in total. The van der Waals surface area contributed by atoms with Gasteiger partial charge in [0.2, 0.25) is 0 Å². The summed E-state index contributed by atoms with van der Waals surface area (Å²) in [6.45, 7) is 3.01. The monoisotopic (exact) mass is 439 g/mol. The van der Waals surface area contributed by atoms with Gasteiger partial charge < -0.3 is 15.6 Å². The van der Waals surface area contributed by atoms with Gasteiger partial charge in [-0.25, -0.2) is 15.0 Å². The van der Waals surface area contributed by atoms with Crippen molar-refractivity contribution in [3.05, 3.63) is 42.5 Å². The first-order chi connectivity index (χ1) is 15.0. The lowest BCUT2D eigenvalue weighted by Crippen LogP contribution is -2.36. The van der Waals surface area contributed by atoms with E-state index in [1.165, 1.54) is 31.4 Å². The van der Waals surface area contributed by atoms with E-state index in [0.717, 1.165) is 35.0 Å². The van der Waals surface area contributed by atoms with Crippen LogP contribution in [-0.2, 0) is 6.54 Å². The highest BCUT2D eigenvalue weighted by Crippen LogP contribution is 2.35. The summed E-state index contributed by atoms with van der Waals surface area (Å²) in [6, 6.07) is 8.48.